The number of hydrogen-bond acceptors (Lipinski definition) is 0. The Morgan fingerprint density at radius 3 is 0.603 bits per heavy atom. The third kappa shape index (κ3) is 39.0. The van der Waals surface area contributed by atoms with Gasteiger partial charge < -0.3 is 8.97 Å². The third-order valence-corrected chi connectivity index (χ3v) is 16.3. The standard InChI is InChI=1S/C66H122N2/c1-5-7-9-11-13-15-19-25-33-47-59-67(3,63-51-37-29-23-31-41-53-65-55-43-39-44-56-65)61-49-35-27-21-17-18-22-28-36-50-62-68(4,60-48-34-26-20-16-14-12-10-8-6-2)64-52-38-30-24-32-42-54-66-57-45-40-46-58-66/h39-40,43-46,55-58H,5-38,41-42,47-54,59-64H2,1-4H3/q+2. The Bertz CT molecular complexity index is 1180. The number of quaternary nitrogens is 2. The van der Waals surface area contributed by atoms with Crippen molar-refractivity contribution < 1.29 is 8.97 Å². The van der Waals surface area contributed by atoms with E-state index < -0.39 is 0 Å². The van der Waals surface area contributed by atoms with Crippen molar-refractivity contribution in [3.63, 3.8) is 0 Å². The summed E-state index contributed by atoms with van der Waals surface area (Å²) in [5.74, 6) is 0. The van der Waals surface area contributed by atoms with Gasteiger partial charge in [0.1, 0.15) is 0 Å². The van der Waals surface area contributed by atoms with E-state index in [0.29, 0.717) is 0 Å². The lowest BCUT2D eigenvalue weighted by Crippen LogP contribution is -2.46. The van der Waals surface area contributed by atoms with Gasteiger partial charge in [0.15, 0.2) is 0 Å². The van der Waals surface area contributed by atoms with Gasteiger partial charge in [0.05, 0.1) is 53.4 Å². The van der Waals surface area contributed by atoms with Gasteiger partial charge in [0.2, 0.25) is 0 Å². The van der Waals surface area contributed by atoms with Crippen molar-refractivity contribution in [2.45, 2.75) is 296 Å². The van der Waals surface area contributed by atoms with Crippen LogP contribution in [-0.2, 0) is 12.8 Å². The molecular weight excluding hydrogens is 821 g/mol. The molecule has 0 N–H and O–H groups in total. The maximum atomic E-state index is 2.63. The molecule has 2 unspecified atom stereocenters. The van der Waals surface area contributed by atoms with Crippen LogP contribution in [0.15, 0.2) is 60.7 Å². The van der Waals surface area contributed by atoms with Crippen LogP contribution in [0.3, 0.4) is 0 Å². The Kier molecular flexibility index (Phi) is 42.7. The van der Waals surface area contributed by atoms with Crippen LogP contribution in [0.5, 0.6) is 0 Å². The Labute approximate surface area is 428 Å². The fourth-order valence-electron chi connectivity index (χ4n) is 11.4. The van der Waals surface area contributed by atoms with Gasteiger partial charge in [0, 0.05) is 0 Å². The lowest BCUT2D eigenvalue weighted by molar-refractivity contribution is -0.910. The van der Waals surface area contributed by atoms with E-state index in [9.17, 15) is 0 Å². The van der Waals surface area contributed by atoms with Gasteiger partial charge in [-0.05, 0) is 114 Å². The molecule has 0 heterocycles. The van der Waals surface area contributed by atoms with E-state index in [2.05, 4.69) is 88.6 Å². The van der Waals surface area contributed by atoms with Gasteiger partial charge in [-0.25, -0.2) is 0 Å². The predicted octanol–water partition coefficient (Wildman–Crippen LogP) is 20.8. The molecule has 0 fully saturated rings. The summed E-state index contributed by atoms with van der Waals surface area (Å²) in [5, 5.41) is 0. The molecular formula is C66H122N2+2. The van der Waals surface area contributed by atoms with Gasteiger partial charge in [0.25, 0.3) is 0 Å². The van der Waals surface area contributed by atoms with Gasteiger partial charge in [-0.3, -0.25) is 0 Å². The summed E-state index contributed by atoms with van der Waals surface area (Å²) in [6.07, 6.45) is 63.0. The minimum atomic E-state index is 1.25. The first-order chi connectivity index (χ1) is 33.5. The largest absolute Gasteiger partial charge is 0.326 e. The number of benzene rings is 2. The minimum absolute atomic E-state index is 1.25. The normalized spacial score (nSPS) is 13.5. The van der Waals surface area contributed by atoms with Gasteiger partial charge in [-0.2, -0.15) is 0 Å². The Morgan fingerprint density at radius 1 is 0.221 bits per heavy atom. The molecule has 0 radical (unpaired) electrons. The highest BCUT2D eigenvalue weighted by molar-refractivity contribution is 5.15. The predicted molar refractivity (Wildman–Crippen MR) is 307 cm³/mol. The molecule has 0 spiro atoms. The van der Waals surface area contributed by atoms with E-state index in [1.807, 2.05) is 0 Å². The van der Waals surface area contributed by atoms with Crippen molar-refractivity contribution in [1.29, 1.82) is 0 Å². The lowest BCUT2D eigenvalue weighted by Gasteiger charge is -2.35. The molecule has 2 heteroatoms. The van der Waals surface area contributed by atoms with Gasteiger partial charge in [-0.1, -0.05) is 254 Å². The highest BCUT2D eigenvalue weighted by atomic mass is 15.3. The molecule has 394 valence electrons. The number of aryl methyl sites for hydroxylation is 2. The summed E-state index contributed by atoms with van der Waals surface area (Å²) in [6.45, 7) is 13.1. The molecule has 0 aliphatic carbocycles. The maximum Gasteiger partial charge on any atom is 0.0784 e. The van der Waals surface area contributed by atoms with E-state index in [-0.39, 0.29) is 0 Å². The summed E-state index contributed by atoms with van der Waals surface area (Å²) in [4.78, 5) is 0. The molecule has 0 saturated heterocycles. The molecule has 2 nitrogen and oxygen atoms in total. The zero-order chi connectivity index (χ0) is 48.6. The molecule has 2 atom stereocenters. The first-order valence-corrected chi connectivity index (χ1v) is 31.2. The quantitative estimate of drug-likeness (QED) is 0.0458. The van der Waals surface area contributed by atoms with E-state index in [0.717, 1.165) is 0 Å². The molecule has 0 saturated carbocycles. The summed E-state index contributed by atoms with van der Waals surface area (Å²) < 4.78 is 2.69. The number of rotatable bonds is 53. The third-order valence-electron chi connectivity index (χ3n) is 16.3. The molecule has 0 bridgehead atoms. The highest BCUT2D eigenvalue weighted by Gasteiger charge is 2.21. The van der Waals surface area contributed by atoms with Crippen LogP contribution >= 0.6 is 0 Å². The topological polar surface area (TPSA) is 0 Å². The van der Waals surface area contributed by atoms with Crippen LogP contribution in [0.1, 0.15) is 295 Å². The summed E-state index contributed by atoms with van der Waals surface area (Å²) in [6, 6.07) is 22.2. The average molecular weight is 944 g/mol. The molecule has 68 heavy (non-hydrogen) atoms. The smallest absolute Gasteiger partial charge is 0.0784 e. The van der Waals surface area contributed by atoms with Crippen LogP contribution in [-0.4, -0.2) is 62.3 Å². The Morgan fingerprint density at radius 2 is 0.397 bits per heavy atom. The number of unbranched alkanes of at least 4 members (excludes halogenated alkanes) is 37. The molecule has 0 aliphatic rings. The number of hydrogen-bond donors (Lipinski definition) is 0. The SMILES string of the molecule is CCCCCCCCCCCC[N+](C)(CCCCCCCCCCCC[N+](C)(CCCCCCCCCCCC)CCCCCCCCc1ccccc1)CCCCCCCCc1ccccc1. The first-order valence-electron chi connectivity index (χ1n) is 31.2. The van der Waals surface area contributed by atoms with E-state index in [4.69, 9.17) is 0 Å². The van der Waals surface area contributed by atoms with Crippen molar-refractivity contribution in [1.82, 2.24) is 0 Å². The van der Waals surface area contributed by atoms with E-state index >= 15 is 0 Å². The van der Waals surface area contributed by atoms with Gasteiger partial charge >= 0.3 is 0 Å². The van der Waals surface area contributed by atoms with Crippen LogP contribution in [0.4, 0.5) is 0 Å². The van der Waals surface area contributed by atoms with Crippen molar-refractivity contribution in [2.75, 3.05) is 53.4 Å². The van der Waals surface area contributed by atoms with Crippen LogP contribution in [0.25, 0.3) is 0 Å². The molecule has 0 amide bonds. The summed E-state index contributed by atoms with van der Waals surface area (Å²) >= 11 is 0. The van der Waals surface area contributed by atoms with Crippen LogP contribution in [0.2, 0.25) is 0 Å². The van der Waals surface area contributed by atoms with Crippen molar-refractivity contribution in [3.05, 3.63) is 71.8 Å². The molecule has 2 rings (SSSR count). The highest BCUT2D eigenvalue weighted by Crippen LogP contribution is 2.20. The Hall–Kier alpha value is -1.64. The van der Waals surface area contributed by atoms with Crippen molar-refractivity contribution >= 4 is 0 Å². The van der Waals surface area contributed by atoms with Crippen molar-refractivity contribution in [2.24, 2.45) is 0 Å². The van der Waals surface area contributed by atoms with Crippen molar-refractivity contribution in [3.8, 4) is 0 Å². The zero-order valence-corrected chi connectivity index (χ0v) is 47.0. The van der Waals surface area contributed by atoms with Crippen LogP contribution < -0.4 is 0 Å². The van der Waals surface area contributed by atoms with E-state index in [1.165, 1.54) is 342 Å². The van der Waals surface area contributed by atoms with Crippen LogP contribution in [0, 0.1) is 0 Å². The fraction of sp³-hybridized carbons (Fsp3) is 0.818. The fourth-order valence-corrected chi connectivity index (χ4v) is 11.4. The zero-order valence-electron chi connectivity index (χ0n) is 47.0. The molecule has 0 aromatic heterocycles. The second-order valence-corrected chi connectivity index (χ2v) is 23.2. The Balaban J connectivity index is 1.60. The molecule has 2 aromatic carbocycles. The van der Waals surface area contributed by atoms with Gasteiger partial charge in [-0.15, -0.1) is 0 Å². The first kappa shape index (κ1) is 62.5. The average Bonchev–Trinajstić information content (AvgIpc) is 3.35. The summed E-state index contributed by atoms with van der Waals surface area (Å²) in [7, 11) is 5.26. The maximum absolute atomic E-state index is 2.63. The molecule has 0 aliphatic heterocycles. The molecule has 2 aromatic rings. The lowest BCUT2D eigenvalue weighted by atomic mass is 10.0. The summed E-state index contributed by atoms with van der Waals surface area (Å²) in [5.41, 5.74) is 3.02. The second-order valence-electron chi connectivity index (χ2n) is 23.2. The minimum Gasteiger partial charge on any atom is -0.326 e. The van der Waals surface area contributed by atoms with E-state index in [1.54, 1.807) is 0 Å². The second kappa shape index (κ2) is 46.4. The monoisotopic (exact) mass is 943 g/mol. The number of nitrogens with zero attached hydrogens (tertiary/aromatic N) is 2.